The Morgan fingerprint density at radius 3 is 2.75 bits per heavy atom. The number of aryl methyl sites for hydroxylation is 1. The van der Waals surface area contributed by atoms with Crippen LogP contribution in [0.15, 0.2) is 22.8 Å². The number of hydrogen-bond donors (Lipinski definition) is 1. The second-order valence-corrected chi connectivity index (χ2v) is 5.07. The maximum atomic E-state index is 5.79. The molecule has 0 aliphatic rings. The van der Waals surface area contributed by atoms with Gasteiger partial charge in [0.05, 0.1) is 17.3 Å². The van der Waals surface area contributed by atoms with Crippen molar-refractivity contribution in [2.24, 2.45) is 12.8 Å². The maximum Gasteiger partial charge on any atom is 0.175 e. The Balaban J connectivity index is 2.20. The molecule has 0 amide bonds. The fraction of sp³-hybridized carbons (Fsp3) is 0.385. The number of halogens is 1. The summed E-state index contributed by atoms with van der Waals surface area (Å²) in [5.41, 5.74) is 7.40. The molecular formula is C13H17BrN4O2. The molecule has 2 rings (SSSR count). The van der Waals surface area contributed by atoms with Crippen molar-refractivity contribution in [2.45, 2.75) is 20.1 Å². The van der Waals surface area contributed by atoms with Gasteiger partial charge >= 0.3 is 0 Å². The highest BCUT2D eigenvalue weighted by Gasteiger charge is 2.12. The molecule has 20 heavy (non-hydrogen) atoms. The van der Waals surface area contributed by atoms with E-state index < -0.39 is 0 Å². The highest BCUT2D eigenvalue weighted by Crippen LogP contribution is 2.37. The molecule has 0 bridgehead atoms. The zero-order valence-corrected chi connectivity index (χ0v) is 13.1. The molecule has 0 saturated heterocycles. The molecule has 0 fully saturated rings. The predicted octanol–water partition coefficient (Wildman–Crippen LogP) is 2.01. The number of nitrogens with zero attached hydrogens (tertiary/aromatic N) is 3. The van der Waals surface area contributed by atoms with Crippen molar-refractivity contribution in [3.63, 3.8) is 0 Å². The largest absolute Gasteiger partial charge is 0.490 e. The van der Waals surface area contributed by atoms with Crippen molar-refractivity contribution in [1.82, 2.24) is 15.0 Å². The third kappa shape index (κ3) is 3.49. The van der Waals surface area contributed by atoms with Crippen LogP contribution in [0.3, 0.4) is 0 Å². The van der Waals surface area contributed by atoms with Gasteiger partial charge in [-0.05, 0) is 40.5 Å². The molecule has 108 valence electrons. The summed E-state index contributed by atoms with van der Waals surface area (Å²) in [4.78, 5) is 0. The van der Waals surface area contributed by atoms with Gasteiger partial charge in [-0.3, -0.25) is 4.68 Å². The van der Waals surface area contributed by atoms with E-state index in [0.29, 0.717) is 31.3 Å². The monoisotopic (exact) mass is 340 g/mol. The Bertz CT molecular complexity index is 586. The van der Waals surface area contributed by atoms with Gasteiger partial charge in [-0.15, -0.1) is 5.10 Å². The minimum Gasteiger partial charge on any atom is -0.490 e. The zero-order valence-electron chi connectivity index (χ0n) is 11.5. The average molecular weight is 341 g/mol. The first-order chi connectivity index (χ1) is 9.63. The molecular weight excluding hydrogens is 324 g/mol. The molecule has 0 unspecified atom stereocenters. The number of benzene rings is 1. The van der Waals surface area contributed by atoms with Gasteiger partial charge in [-0.2, -0.15) is 0 Å². The Hall–Kier alpha value is -1.60. The van der Waals surface area contributed by atoms with Gasteiger partial charge in [0.15, 0.2) is 11.5 Å². The summed E-state index contributed by atoms with van der Waals surface area (Å²) in [5, 5.41) is 7.85. The number of ether oxygens (including phenoxy) is 2. The topological polar surface area (TPSA) is 75.2 Å². The number of rotatable bonds is 6. The van der Waals surface area contributed by atoms with E-state index in [4.69, 9.17) is 15.2 Å². The first kappa shape index (κ1) is 14.8. The third-order valence-corrected chi connectivity index (χ3v) is 3.21. The van der Waals surface area contributed by atoms with Crippen LogP contribution in [0.1, 0.15) is 18.2 Å². The lowest BCUT2D eigenvalue weighted by Gasteiger charge is -2.14. The van der Waals surface area contributed by atoms with E-state index in [1.54, 1.807) is 4.68 Å². The molecule has 0 atom stereocenters. The number of hydrogen-bond acceptors (Lipinski definition) is 5. The van der Waals surface area contributed by atoms with Crippen molar-refractivity contribution >= 4 is 15.9 Å². The summed E-state index contributed by atoms with van der Waals surface area (Å²) in [6, 6.07) is 3.81. The second kappa shape index (κ2) is 6.71. The molecule has 0 saturated carbocycles. The van der Waals surface area contributed by atoms with Crippen LogP contribution in [-0.4, -0.2) is 21.6 Å². The summed E-state index contributed by atoms with van der Waals surface area (Å²) in [6.07, 6.45) is 1.81. The molecule has 1 aromatic carbocycles. The Morgan fingerprint density at radius 2 is 2.15 bits per heavy atom. The molecule has 0 aliphatic carbocycles. The zero-order chi connectivity index (χ0) is 14.5. The van der Waals surface area contributed by atoms with Crippen molar-refractivity contribution in [2.75, 3.05) is 6.61 Å². The highest BCUT2D eigenvalue weighted by molar-refractivity contribution is 9.10. The van der Waals surface area contributed by atoms with E-state index in [2.05, 4.69) is 26.2 Å². The van der Waals surface area contributed by atoms with Crippen molar-refractivity contribution in [3.8, 4) is 11.5 Å². The van der Waals surface area contributed by atoms with Gasteiger partial charge < -0.3 is 15.2 Å². The van der Waals surface area contributed by atoms with Gasteiger partial charge in [-0.1, -0.05) is 5.21 Å². The van der Waals surface area contributed by atoms with Crippen molar-refractivity contribution < 1.29 is 9.47 Å². The third-order valence-electron chi connectivity index (χ3n) is 2.62. The fourth-order valence-corrected chi connectivity index (χ4v) is 2.35. The quantitative estimate of drug-likeness (QED) is 0.870. The summed E-state index contributed by atoms with van der Waals surface area (Å²) in [6.45, 7) is 3.26. The first-order valence-electron chi connectivity index (χ1n) is 6.27. The van der Waals surface area contributed by atoms with E-state index in [1.807, 2.05) is 32.3 Å². The van der Waals surface area contributed by atoms with Gasteiger partial charge in [0.25, 0.3) is 0 Å². The van der Waals surface area contributed by atoms with Crippen LogP contribution in [0.2, 0.25) is 0 Å². The molecule has 7 heteroatoms. The predicted molar refractivity (Wildman–Crippen MR) is 78.5 cm³/mol. The second-order valence-electron chi connectivity index (χ2n) is 4.21. The normalized spacial score (nSPS) is 10.6. The molecule has 1 heterocycles. The van der Waals surface area contributed by atoms with Crippen molar-refractivity contribution in [3.05, 3.63) is 34.1 Å². The smallest absolute Gasteiger partial charge is 0.175 e. The van der Waals surface area contributed by atoms with Gasteiger partial charge in [0, 0.05) is 13.6 Å². The fourth-order valence-electron chi connectivity index (χ4n) is 1.75. The molecule has 0 aliphatic heterocycles. The van der Waals surface area contributed by atoms with Crippen LogP contribution in [0.25, 0.3) is 0 Å². The molecule has 6 nitrogen and oxygen atoms in total. The van der Waals surface area contributed by atoms with Crippen LogP contribution >= 0.6 is 15.9 Å². The lowest BCUT2D eigenvalue weighted by Crippen LogP contribution is -2.03. The lowest BCUT2D eigenvalue weighted by atomic mass is 10.2. The lowest BCUT2D eigenvalue weighted by molar-refractivity contribution is 0.264. The van der Waals surface area contributed by atoms with Gasteiger partial charge in [0.2, 0.25) is 0 Å². The molecule has 1 aromatic heterocycles. The number of aromatic nitrogens is 3. The summed E-state index contributed by atoms with van der Waals surface area (Å²) >= 11 is 3.49. The summed E-state index contributed by atoms with van der Waals surface area (Å²) < 4.78 is 13.8. The van der Waals surface area contributed by atoms with Crippen LogP contribution in [0.4, 0.5) is 0 Å². The van der Waals surface area contributed by atoms with E-state index in [1.165, 1.54) is 0 Å². The van der Waals surface area contributed by atoms with Crippen LogP contribution in [0, 0.1) is 0 Å². The SMILES string of the molecule is CCOc1cc(CN)cc(Br)c1OCc1cn(C)nn1. The van der Waals surface area contributed by atoms with Crippen molar-refractivity contribution in [1.29, 1.82) is 0 Å². The molecule has 0 radical (unpaired) electrons. The van der Waals surface area contributed by atoms with Crippen LogP contribution < -0.4 is 15.2 Å². The summed E-state index contributed by atoms with van der Waals surface area (Å²) in [5.74, 6) is 1.32. The standard InChI is InChI=1S/C13H17BrN4O2/c1-3-19-12-5-9(6-15)4-11(14)13(12)20-8-10-7-18(2)17-16-10/h4-5,7H,3,6,8,15H2,1-2H3. The van der Waals surface area contributed by atoms with E-state index >= 15 is 0 Å². The van der Waals surface area contributed by atoms with Crippen LogP contribution in [0.5, 0.6) is 11.5 Å². The molecule has 2 aromatic rings. The highest BCUT2D eigenvalue weighted by atomic mass is 79.9. The maximum absolute atomic E-state index is 5.79. The van der Waals surface area contributed by atoms with E-state index in [0.717, 1.165) is 15.7 Å². The average Bonchev–Trinajstić information content (AvgIpc) is 2.83. The Morgan fingerprint density at radius 1 is 1.35 bits per heavy atom. The van der Waals surface area contributed by atoms with Gasteiger partial charge in [0.1, 0.15) is 12.3 Å². The minimum atomic E-state index is 0.328. The molecule has 0 spiro atoms. The Labute approximate surface area is 126 Å². The van der Waals surface area contributed by atoms with Crippen LogP contribution in [-0.2, 0) is 20.2 Å². The summed E-state index contributed by atoms with van der Waals surface area (Å²) in [7, 11) is 1.81. The first-order valence-corrected chi connectivity index (χ1v) is 7.06. The van der Waals surface area contributed by atoms with E-state index in [9.17, 15) is 0 Å². The van der Waals surface area contributed by atoms with Gasteiger partial charge in [-0.25, -0.2) is 0 Å². The minimum absolute atomic E-state index is 0.328. The Kier molecular flexibility index (Phi) is 4.97. The number of nitrogens with two attached hydrogens (primary N) is 1. The van der Waals surface area contributed by atoms with E-state index in [-0.39, 0.29) is 0 Å². The molecule has 2 N–H and O–H groups in total.